The third-order valence-corrected chi connectivity index (χ3v) is 0.394. The van der Waals surface area contributed by atoms with Gasteiger partial charge in [-0.15, -0.1) is 0 Å². The fourth-order valence-electron chi connectivity index (χ4n) is 0.199. The fraction of sp³-hybridized carbons (Fsp3) is 0. The molecule has 9 heavy (non-hydrogen) atoms. The van der Waals surface area contributed by atoms with Crippen molar-refractivity contribution >= 4 is 0 Å². The molecule has 0 N–H and O–H groups in total. The first kappa shape index (κ1) is 16.7. The van der Waals surface area contributed by atoms with E-state index in [0.29, 0.717) is 0 Å². The van der Waals surface area contributed by atoms with Gasteiger partial charge in [-0.3, -0.25) is 12.4 Å². The van der Waals surface area contributed by atoms with Crippen LogP contribution in [0.4, 0.5) is 0 Å². The Morgan fingerprint density at radius 3 is 1.56 bits per heavy atom. The maximum Gasteiger partial charge on any atom is 0.0158 e. The summed E-state index contributed by atoms with van der Waals surface area (Å²) >= 11 is 0. The average molecular weight is 271 g/mol. The maximum atomic E-state index is 3.49. The Labute approximate surface area is 106 Å². The van der Waals surface area contributed by atoms with Crippen molar-refractivity contribution in [2.75, 3.05) is 0 Å². The van der Waals surface area contributed by atoms with E-state index in [2.05, 4.69) is 22.4 Å². The smallest absolute Gasteiger partial charge is 0.0158 e. The summed E-state index contributed by atoms with van der Waals surface area (Å²) in [6.45, 7) is 0. The van der Waals surface area contributed by atoms with Crippen LogP contribution in [0.2, 0.25) is 0 Å². The van der Waals surface area contributed by atoms with Gasteiger partial charge in [0.15, 0.2) is 0 Å². The van der Waals surface area contributed by atoms with Gasteiger partial charge in [-0.25, -0.2) is 0 Å². The molecule has 0 saturated heterocycles. The van der Waals surface area contributed by atoms with Crippen LogP contribution in [0.5, 0.6) is 0 Å². The molecule has 0 aromatic carbocycles. The summed E-state index contributed by atoms with van der Waals surface area (Å²) < 4.78 is 0. The maximum absolute atomic E-state index is 3.49. The molecule has 1 rings (SSSR count). The molecule has 0 unspecified atom stereocenters. The molecule has 0 fully saturated rings. The van der Waals surface area contributed by atoms with Crippen LogP contribution in [0.15, 0.2) is 12.4 Å². The molecule has 0 amide bonds. The molecule has 0 bridgehead atoms. The van der Waals surface area contributed by atoms with Crippen molar-refractivity contribution in [1.82, 2.24) is 9.97 Å². The molecule has 0 aliphatic rings. The quantitative estimate of drug-likeness (QED) is 0.643. The summed E-state index contributed by atoms with van der Waals surface area (Å²) in [7, 11) is 0. The molecule has 0 spiro atoms. The molecule has 1 heterocycles. The van der Waals surface area contributed by atoms with Gasteiger partial charge < -0.3 is 23.5 Å². The van der Waals surface area contributed by atoms with E-state index in [1.54, 1.807) is 0 Å². The zero-order valence-electron chi connectivity index (χ0n) is 5.20. The second-order valence-corrected chi connectivity index (χ2v) is 0.783. The minimum Gasteiger partial charge on any atom is -0.577 e. The molecular weight excluding hydrogens is 266 g/mol. The summed E-state index contributed by atoms with van der Waals surface area (Å²) in [5.41, 5.74) is 0. The zero-order valence-corrected chi connectivity index (χ0v) is 10.9. The third kappa shape index (κ3) is 9.29. The normalized spacial score (nSPS) is 5.33. The minimum atomic E-state index is 0. The molecule has 1 aromatic rings. The fourth-order valence-corrected chi connectivity index (χ4v) is 0.199. The van der Waals surface area contributed by atoms with Crippen molar-refractivity contribution in [3.05, 3.63) is 32.2 Å². The Balaban J connectivity index is -0.000000120. The standard InChI is InChI=1S/C4H2N2.CH3.2Y/c1-2-5-4-6-3-1;;;/h2-3H;1H3;;/q-2;-1;;. The van der Waals surface area contributed by atoms with Gasteiger partial charge in [-0.1, -0.05) is 0 Å². The molecule has 1 aromatic heterocycles. The van der Waals surface area contributed by atoms with Crippen LogP contribution >= 0.6 is 0 Å². The first-order valence-electron chi connectivity index (χ1n) is 1.54. The van der Waals surface area contributed by atoms with E-state index in [0.717, 1.165) is 0 Å². The number of hydrogen-bond donors (Lipinski definition) is 0. The SMILES string of the molecule is [CH3-].[Y].[Y].[c-]1cn[c-]nc1. The second kappa shape index (κ2) is 12.0. The van der Waals surface area contributed by atoms with Gasteiger partial charge in [0.05, 0.1) is 0 Å². The molecule has 2 nitrogen and oxygen atoms in total. The first-order valence-corrected chi connectivity index (χ1v) is 1.54. The zero-order chi connectivity index (χ0) is 4.24. The Hall–Kier alpha value is 1.29. The number of aromatic nitrogens is 2. The van der Waals surface area contributed by atoms with Crippen molar-refractivity contribution < 1.29 is 65.4 Å². The van der Waals surface area contributed by atoms with Crippen LogP contribution in [0, 0.1) is 19.8 Å². The second-order valence-electron chi connectivity index (χ2n) is 0.783. The number of rotatable bonds is 0. The summed E-state index contributed by atoms with van der Waals surface area (Å²) in [5.74, 6) is 0. The predicted molar refractivity (Wildman–Crippen MR) is 26.1 cm³/mol. The van der Waals surface area contributed by atoms with Gasteiger partial charge in [-0.2, -0.15) is 0 Å². The molecule has 2 radical (unpaired) electrons. The van der Waals surface area contributed by atoms with Crippen LogP contribution in [0.25, 0.3) is 0 Å². The van der Waals surface area contributed by atoms with Gasteiger partial charge in [0, 0.05) is 71.7 Å². The Kier molecular flexibility index (Phi) is 22.3. The molecule has 0 aliphatic carbocycles. The van der Waals surface area contributed by atoms with Gasteiger partial charge in [-0.05, 0) is 0 Å². The van der Waals surface area contributed by atoms with Crippen LogP contribution in [-0.2, 0) is 65.4 Å². The van der Waals surface area contributed by atoms with E-state index in [-0.39, 0.29) is 72.8 Å². The van der Waals surface area contributed by atoms with E-state index in [1.165, 1.54) is 12.4 Å². The third-order valence-electron chi connectivity index (χ3n) is 0.394. The largest absolute Gasteiger partial charge is 0.577 e. The topological polar surface area (TPSA) is 25.8 Å². The van der Waals surface area contributed by atoms with Gasteiger partial charge in [0.25, 0.3) is 0 Å². The van der Waals surface area contributed by atoms with E-state index in [1.807, 2.05) is 0 Å². The van der Waals surface area contributed by atoms with E-state index >= 15 is 0 Å². The predicted octanol–water partition coefficient (Wildman–Crippen LogP) is 0.522. The van der Waals surface area contributed by atoms with Crippen LogP contribution < -0.4 is 0 Å². The number of nitrogens with zero attached hydrogens (tertiary/aromatic N) is 2. The van der Waals surface area contributed by atoms with E-state index in [9.17, 15) is 0 Å². The van der Waals surface area contributed by atoms with E-state index in [4.69, 9.17) is 0 Å². The molecule has 4 heteroatoms. The van der Waals surface area contributed by atoms with Crippen LogP contribution in [-0.4, -0.2) is 9.97 Å². The van der Waals surface area contributed by atoms with Gasteiger partial charge in [0.1, 0.15) is 0 Å². The summed E-state index contributed by atoms with van der Waals surface area (Å²) in [6.07, 6.45) is 5.38. The van der Waals surface area contributed by atoms with Crippen molar-refractivity contribution in [3.63, 3.8) is 0 Å². The molecule has 0 saturated carbocycles. The Morgan fingerprint density at radius 2 is 1.44 bits per heavy atom. The number of hydrogen-bond acceptors (Lipinski definition) is 2. The summed E-state index contributed by atoms with van der Waals surface area (Å²) in [5, 5.41) is 0. The van der Waals surface area contributed by atoms with Crippen molar-refractivity contribution in [3.8, 4) is 0 Å². The first-order chi connectivity index (χ1) is 3.00. The molecule has 0 atom stereocenters. The summed E-state index contributed by atoms with van der Waals surface area (Å²) in [4.78, 5) is 6.99. The average Bonchev–Trinajstić information content (AvgIpc) is 1.72. The Morgan fingerprint density at radius 1 is 1.00 bits per heavy atom. The van der Waals surface area contributed by atoms with E-state index < -0.39 is 0 Å². The van der Waals surface area contributed by atoms with Crippen molar-refractivity contribution in [2.45, 2.75) is 0 Å². The minimum absolute atomic E-state index is 0. The summed E-state index contributed by atoms with van der Waals surface area (Å²) in [6, 6.07) is 2.64. The van der Waals surface area contributed by atoms with Gasteiger partial charge >= 0.3 is 0 Å². The molecule has 0 aliphatic heterocycles. The molecular formula is C5H5N2Y2-3. The monoisotopic (exact) mass is 271 g/mol. The van der Waals surface area contributed by atoms with Crippen molar-refractivity contribution in [2.24, 2.45) is 0 Å². The molecule has 44 valence electrons. The van der Waals surface area contributed by atoms with Crippen LogP contribution in [0.1, 0.15) is 0 Å². The Bertz CT molecular complexity index is 84.9. The van der Waals surface area contributed by atoms with Gasteiger partial charge in [0.2, 0.25) is 0 Å². The van der Waals surface area contributed by atoms with Crippen LogP contribution in [0.3, 0.4) is 0 Å². The van der Waals surface area contributed by atoms with Crippen molar-refractivity contribution in [1.29, 1.82) is 0 Å².